The molecular formula is C19H22N2O2. The van der Waals surface area contributed by atoms with Gasteiger partial charge in [-0.25, -0.2) is 0 Å². The Balaban J connectivity index is 1.58. The summed E-state index contributed by atoms with van der Waals surface area (Å²) in [5.41, 5.74) is 1.70. The Morgan fingerprint density at radius 1 is 1.22 bits per heavy atom. The standard InChI is InChI=1S/C19H22N2O2/c1-13-11-15-9-5-6-10-17(15)21(13)19(22)18-12-16(20-23-18)14-7-3-2-4-8-14/h2-4,7-8,12-13,15,17H,5-6,9-11H2,1H3. The average molecular weight is 310 g/mol. The van der Waals surface area contributed by atoms with Crippen molar-refractivity contribution in [1.29, 1.82) is 0 Å². The molecule has 1 aliphatic carbocycles. The number of hydrogen-bond donors (Lipinski definition) is 0. The molecule has 1 saturated heterocycles. The van der Waals surface area contributed by atoms with Crippen LogP contribution >= 0.6 is 0 Å². The summed E-state index contributed by atoms with van der Waals surface area (Å²) in [6.07, 6.45) is 6.03. The van der Waals surface area contributed by atoms with E-state index in [9.17, 15) is 4.79 Å². The number of hydrogen-bond acceptors (Lipinski definition) is 3. The van der Waals surface area contributed by atoms with Gasteiger partial charge in [0.1, 0.15) is 5.69 Å². The Hall–Kier alpha value is -2.10. The quantitative estimate of drug-likeness (QED) is 0.837. The van der Waals surface area contributed by atoms with Crippen LogP contribution in [0.15, 0.2) is 40.9 Å². The first-order valence-electron chi connectivity index (χ1n) is 8.59. The molecule has 1 aromatic heterocycles. The fourth-order valence-electron chi connectivity index (χ4n) is 4.31. The van der Waals surface area contributed by atoms with Crippen LogP contribution in [-0.4, -0.2) is 28.0 Å². The van der Waals surface area contributed by atoms with E-state index in [1.54, 1.807) is 6.07 Å². The third-order valence-corrected chi connectivity index (χ3v) is 5.37. The molecule has 1 aliphatic heterocycles. The number of rotatable bonds is 2. The van der Waals surface area contributed by atoms with Gasteiger partial charge in [-0.05, 0) is 32.1 Å². The number of aromatic nitrogens is 1. The molecule has 2 aromatic rings. The average Bonchev–Trinajstić information content (AvgIpc) is 3.19. The number of benzene rings is 1. The second-order valence-corrected chi connectivity index (χ2v) is 6.85. The van der Waals surface area contributed by atoms with E-state index in [1.165, 1.54) is 19.3 Å². The molecule has 3 atom stereocenters. The maximum absolute atomic E-state index is 12.9. The highest BCUT2D eigenvalue weighted by Crippen LogP contribution is 2.40. The van der Waals surface area contributed by atoms with E-state index >= 15 is 0 Å². The van der Waals surface area contributed by atoms with Crippen LogP contribution in [0.5, 0.6) is 0 Å². The number of carbonyl (C=O) groups excluding carboxylic acids is 1. The van der Waals surface area contributed by atoms with Crippen molar-refractivity contribution in [3.05, 3.63) is 42.2 Å². The predicted octanol–water partition coefficient (Wildman–Crippen LogP) is 4.13. The molecule has 2 heterocycles. The first kappa shape index (κ1) is 14.5. The summed E-state index contributed by atoms with van der Waals surface area (Å²) < 4.78 is 5.38. The molecular weight excluding hydrogens is 288 g/mol. The van der Waals surface area contributed by atoms with Gasteiger partial charge in [-0.2, -0.15) is 0 Å². The highest BCUT2D eigenvalue weighted by molar-refractivity contribution is 5.93. The molecule has 2 fully saturated rings. The Morgan fingerprint density at radius 2 is 2.00 bits per heavy atom. The number of amides is 1. The molecule has 4 rings (SSSR count). The molecule has 1 aromatic carbocycles. The second-order valence-electron chi connectivity index (χ2n) is 6.85. The van der Waals surface area contributed by atoms with Gasteiger partial charge in [0.2, 0.25) is 5.76 Å². The van der Waals surface area contributed by atoms with Crippen LogP contribution in [0.1, 0.15) is 49.6 Å². The molecule has 0 radical (unpaired) electrons. The number of likely N-dealkylation sites (tertiary alicyclic amines) is 1. The third-order valence-electron chi connectivity index (χ3n) is 5.37. The van der Waals surface area contributed by atoms with E-state index in [0.717, 1.165) is 24.1 Å². The molecule has 4 nitrogen and oxygen atoms in total. The highest BCUT2D eigenvalue weighted by Gasteiger charge is 2.43. The highest BCUT2D eigenvalue weighted by atomic mass is 16.5. The second kappa shape index (κ2) is 5.84. The van der Waals surface area contributed by atoms with Crippen LogP contribution in [0.4, 0.5) is 0 Å². The van der Waals surface area contributed by atoms with Gasteiger partial charge < -0.3 is 9.42 Å². The summed E-state index contributed by atoms with van der Waals surface area (Å²) in [7, 11) is 0. The van der Waals surface area contributed by atoms with Crippen molar-refractivity contribution < 1.29 is 9.32 Å². The first-order valence-corrected chi connectivity index (χ1v) is 8.59. The summed E-state index contributed by atoms with van der Waals surface area (Å²) in [5, 5.41) is 4.09. The lowest BCUT2D eigenvalue weighted by atomic mass is 9.85. The van der Waals surface area contributed by atoms with E-state index in [1.807, 2.05) is 30.3 Å². The lowest BCUT2D eigenvalue weighted by Crippen LogP contribution is -2.42. The molecule has 120 valence electrons. The van der Waals surface area contributed by atoms with Crippen molar-refractivity contribution in [2.45, 2.75) is 51.1 Å². The summed E-state index contributed by atoms with van der Waals surface area (Å²) in [6.45, 7) is 2.16. The monoisotopic (exact) mass is 310 g/mol. The van der Waals surface area contributed by atoms with Crippen LogP contribution < -0.4 is 0 Å². The Morgan fingerprint density at radius 3 is 2.83 bits per heavy atom. The van der Waals surface area contributed by atoms with Crippen LogP contribution in [-0.2, 0) is 0 Å². The van der Waals surface area contributed by atoms with E-state index in [2.05, 4.69) is 17.0 Å². The lowest BCUT2D eigenvalue weighted by molar-refractivity contribution is 0.0591. The summed E-state index contributed by atoms with van der Waals surface area (Å²) >= 11 is 0. The van der Waals surface area contributed by atoms with Crippen molar-refractivity contribution in [2.75, 3.05) is 0 Å². The minimum Gasteiger partial charge on any atom is -0.350 e. The van der Waals surface area contributed by atoms with Gasteiger partial charge in [0, 0.05) is 23.7 Å². The number of carbonyl (C=O) groups is 1. The Bertz CT molecular complexity index is 694. The summed E-state index contributed by atoms with van der Waals surface area (Å²) in [5.74, 6) is 1.03. The van der Waals surface area contributed by atoms with Gasteiger partial charge in [-0.15, -0.1) is 0 Å². The number of fused-ring (bicyclic) bond motifs is 1. The Kier molecular flexibility index (Phi) is 3.68. The zero-order chi connectivity index (χ0) is 15.8. The van der Waals surface area contributed by atoms with Crippen molar-refractivity contribution in [1.82, 2.24) is 10.1 Å². The van der Waals surface area contributed by atoms with Crippen molar-refractivity contribution >= 4 is 5.91 Å². The van der Waals surface area contributed by atoms with E-state index in [0.29, 0.717) is 23.8 Å². The van der Waals surface area contributed by atoms with Gasteiger partial charge in [0.05, 0.1) is 0 Å². The first-order chi connectivity index (χ1) is 11.2. The summed E-state index contributed by atoms with van der Waals surface area (Å²) in [4.78, 5) is 15.0. The fraction of sp³-hybridized carbons (Fsp3) is 0.474. The SMILES string of the molecule is CC1CC2CCCCC2N1C(=O)c1cc(-c2ccccc2)no1. The van der Waals surface area contributed by atoms with Crippen LogP contribution in [0.3, 0.4) is 0 Å². The zero-order valence-corrected chi connectivity index (χ0v) is 13.4. The molecule has 0 spiro atoms. The summed E-state index contributed by atoms with van der Waals surface area (Å²) in [6, 6.07) is 12.3. The van der Waals surface area contributed by atoms with Crippen molar-refractivity contribution in [2.24, 2.45) is 5.92 Å². The molecule has 0 N–H and O–H groups in total. The van der Waals surface area contributed by atoms with Gasteiger partial charge in [0.15, 0.2) is 0 Å². The molecule has 1 saturated carbocycles. The normalized spacial score (nSPS) is 27.0. The number of nitrogens with zero attached hydrogens (tertiary/aromatic N) is 2. The largest absolute Gasteiger partial charge is 0.350 e. The molecule has 4 heteroatoms. The third kappa shape index (κ3) is 2.56. The fourth-order valence-corrected chi connectivity index (χ4v) is 4.31. The van der Waals surface area contributed by atoms with Crippen LogP contribution in [0.2, 0.25) is 0 Å². The van der Waals surface area contributed by atoms with Crippen molar-refractivity contribution in [3.8, 4) is 11.3 Å². The van der Waals surface area contributed by atoms with E-state index in [4.69, 9.17) is 4.52 Å². The smallest absolute Gasteiger partial charge is 0.292 e. The van der Waals surface area contributed by atoms with Gasteiger partial charge in [-0.3, -0.25) is 4.79 Å². The van der Waals surface area contributed by atoms with E-state index in [-0.39, 0.29) is 5.91 Å². The van der Waals surface area contributed by atoms with Crippen LogP contribution in [0, 0.1) is 5.92 Å². The van der Waals surface area contributed by atoms with Gasteiger partial charge in [0.25, 0.3) is 5.91 Å². The molecule has 0 bridgehead atoms. The van der Waals surface area contributed by atoms with Crippen molar-refractivity contribution in [3.63, 3.8) is 0 Å². The minimum absolute atomic E-state index is 0.00146. The zero-order valence-electron chi connectivity index (χ0n) is 13.4. The lowest BCUT2D eigenvalue weighted by Gasteiger charge is -2.32. The molecule has 23 heavy (non-hydrogen) atoms. The predicted molar refractivity (Wildman–Crippen MR) is 87.9 cm³/mol. The Labute approximate surface area is 136 Å². The maximum Gasteiger partial charge on any atom is 0.292 e. The maximum atomic E-state index is 12.9. The van der Waals surface area contributed by atoms with Gasteiger partial charge >= 0.3 is 0 Å². The molecule has 1 amide bonds. The minimum atomic E-state index is 0.00146. The molecule has 2 aliphatic rings. The topological polar surface area (TPSA) is 46.3 Å². The molecule has 3 unspecified atom stereocenters. The van der Waals surface area contributed by atoms with Crippen LogP contribution in [0.25, 0.3) is 11.3 Å². The van der Waals surface area contributed by atoms with E-state index < -0.39 is 0 Å². The van der Waals surface area contributed by atoms with Gasteiger partial charge in [-0.1, -0.05) is 48.3 Å².